The zero-order valence-corrected chi connectivity index (χ0v) is 11.8. The number of nitrogens with zero attached hydrogens (tertiary/aromatic N) is 1. The molecule has 0 amide bonds. The van der Waals surface area contributed by atoms with Crippen molar-refractivity contribution in [2.75, 3.05) is 31.7 Å². The summed E-state index contributed by atoms with van der Waals surface area (Å²) in [5.41, 5.74) is 2.17. The summed E-state index contributed by atoms with van der Waals surface area (Å²) < 4.78 is 18.6. The monoisotopic (exact) mass is 266 g/mol. The van der Waals surface area contributed by atoms with Crippen molar-refractivity contribution in [1.29, 1.82) is 0 Å². The van der Waals surface area contributed by atoms with Crippen molar-refractivity contribution in [1.82, 2.24) is 5.32 Å². The second-order valence-electron chi connectivity index (χ2n) is 4.97. The molecule has 1 fully saturated rings. The molecule has 1 N–H and O–H groups in total. The molecule has 0 heterocycles. The van der Waals surface area contributed by atoms with Crippen molar-refractivity contribution in [3.8, 4) is 0 Å². The molecule has 4 heteroatoms. The molecular weight excluding hydrogens is 243 g/mol. The fourth-order valence-electron chi connectivity index (χ4n) is 2.31. The fraction of sp³-hybridized carbons (Fsp3) is 0.600. The van der Waals surface area contributed by atoms with Crippen LogP contribution in [0.5, 0.6) is 0 Å². The molecule has 2 rings (SSSR count). The third-order valence-corrected chi connectivity index (χ3v) is 3.44. The molecule has 3 nitrogen and oxygen atoms in total. The Morgan fingerprint density at radius 3 is 2.84 bits per heavy atom. The average Bonchev–Trinajstić information content (AvgIpc) is 3.23. The maximum Gasteiger partial charge on any atom is 0.123 e. The summed E-state index contributed by atoms with van der Waals surface area (Å²) in [6.07, 6.45) is 2.45. The van der Waals surface area contributed by atoms with Crippen LogP contribution in [0.3, 0.4) is 0 Å². The first kappa shape index (κ1) is 14.3. The molecule has 0 atom stereocenters. The third kappa shape index (κ3) is 3.91. The van der Waals surface area contributed by atoms with Crippen LogP contribution < -0.4 is 10.2 Å². The minimum atomic E-state index is -0.167. The van der Waals surface area contributed by atoms with Gasteiger partial charge in [-0.1, -0.05) is 6.92 Å². The normalized spacial score (nSPS) is 14.7. The Morgan fingerprint density at radius 2 is 2.21 bits per heavy atom. The molecule has 1 aromatic rings. The van der Waals surface area contributed by atoms with E-state index in [1.807, 2.05) is 6.07 Å². The van der Waals surface area contributed by atoms with Gasteiger partial charge in [-0.15, -0.1) is 0 Å². The summed E-state index contributed by atoms with van der Waals surface area (Å²) in [5.74, 6) is -0.167. The van der Waals surface area contributed by atoms with E-state index in [0.29, 0.717) is 19.2 Å². The van der Waals surface area contributed by atoms with Gasteiger partial charge in [0.05, 0.1) is 6.61 Å². The van der Waals surface area contributed by atoms with Crippen LogP contribution in [0.15, 0.2) is 18.2 Å². The number of benzene rings is 1. The molecule has 0 unspecified atom stereocenters. The Hall–Kier alpha value is -1.13. The summed E-state index contributed by atoms with van der Waals surface area (Å²) in [7, 11) is 1.72. The number of halogens is 1. The van der Waals surface area contributed by atoms with Crippen LogP contribution in [0.1, 0.15) is 25.3 Å². The van der Waals surface area contributed by atoms with E-state index in [0.717, 1.165) is 24.3 Å². The van der Waals surface area contributed by atoms with Gasteiger partial charge in [0.25, 0.3) is 0 Å². The lowest BCUT2D eigenvalue weighted by atomic mass is 10.1. The van der Waals surface area contributed by atoms with E-state index in [1.54, 1.807) is 19.2 Å². The number of ether oxygens (including phenoxy) is 1. The van der Waals surface area contributed by atoms with Crippen molar-refractivity contribution in [2.24, 2.45) is 0 Å². The lowest BCUT2D eigenvalue weighted by Crippen LogP contribution is -2.31. The smallest absolute Gasteiger partial charge is 0.123 e. The molecule has 0 saturated heterocycles. The van der Waals surface area contributed by atoms with Crippen molar-refractivity contribution >= 4 is 5.69 Å². The minimum Gasteiger partial charge on any atom is -0.383 e. The number of nitrogens with one attached hydrogen (secondary N) is 1. The zero-order chi connectivity index (χ0) is 13.7. The molecule has 106 valence electrons. The van der Waals surface area contributed by atoms with Gasteiger partial charge in [0.15, 0.2) is 0 Å². The minimum absolute atomic E-state index is 0.167. The van der Waals surface area contributed by atoms with Gasteiger partial charge in [0.2, 0.25) is 0 Å². The summed E-state index contributed by atoms with van der Waals surface area (Å²) in [5, 5.41) is 3.28. The molecule has 1 aromatic carbocycles. The van der Waals surface area contributed by atoms with E-state index in [2.05, 4.69) is 17.1 Å². The molecule has 0 spiro atoms. The highest BCUT2D eigenvalue weighted by Crippen LogP contribution is 2.33. The van der Waals surface area contributed by atoms with E-state index in [-0.39, 0.29) is 5.82 Å². The lowest BCUT2D eigenvalue weighted by molar-refractivity contribution is 0.205. The van der Waals surface area contributed by atoms with Crippen LogP contribution in [0.2, 0.25) is 0 Å². The Balaban J connectivity index is 2.18. The van der Waals surface area contributed by atoms with Crippen LogP contribution in [-0.4, -0.2) is 32.8 Å². The van der Waals surface area contributed by atoms with Gasteiger partial charge in [-0.25, -0.2) is 4.39 Å². The number of rotatable bonds is 8. The molecule has 1 saturated carbocycles. The fourth-order valence-corrected chi connectivity index (χ4v) is 2.31. The van der Waals surface area contributed by atoms with Gasteiger partial charge in [0, 0.05) is 31.9 Å². The van der Waals surface area contributed by atoms with Gasteiger partial charge >= 0.3 is 0 Å². The van der Waals surface area contributed by atoms with Gasteiger partial charge in [-0.05, 0) is 43.1 Å². The number of methoxy groups -OCH3 is 1. The topological polar surface area (TPSA) is 24.5 Å². The van der Waals surface area contributed by atoms with Crippen LogP contribution in [0, 0.1) is 5.82 Å². The highest BCUT2D eigenvalue weighted by Gasteiger charge is 2.30. The average molecular weight is 266 g/mol. The third-order valence-electron chi connectivity index (χ3n) is 3.44. The van der Waals surface area contributed by atoms with Crippen molar-refractivity contribution in [2.45, 2.75) is 32.4 Å². The van der Waals surface area contributed by atoms with Crippen molar-refractivity contribution < 1.29 is 9.13 Å². The van der Waals surface area contributed by atoms with Crippen molar-refractivity contribution in [3.05, 3.63) is 29.6 Å². The lowest BCUT2D eigenvalue weighted by Gasteiger charge is -2.27. The molecule has 19 heavy (non-hydrogen) atoms. The second kappa shape index (κ2) is 6.87. The quantitative estimate of drug-likeness (QED) is 0.782. The molecule has 1 aliphatic rings. The van der Waals surface area contributed by atoms with Gasteiger partial charge in [-0.2, -0.15) is 0 Å². The van der Waals surface area contributed by atoms with Crippen LogP contribution >= 0.6 is 0 Å². The molecule has 0 aromatic heterocycles. The number of anilines is 1. The number of hydrogen-bond acceptors (Lipinski definition) is 3. The predicted octanol–water partition coefficient (Wildman–Crippen LogP) is 2.55. The largest absolute Gasteiger partial charge is 0.383 e. The van der Waals surface area contributed by atoms with Crippen LogP contribution in [0.4, 0.5) is 10.1 Å². The van der Waals surface area contributed by atoms with E-state index >= 15 is 0 Å². The highest BCUT2D eigenvalue weighted by atomic mass is 19.1. The van der Waals surface area contributed by atoms with Crippen LogP contribution in [0.25, 0.3) is 0 Å². The Morgan fingerprint density at radius 1 is 1.42 bits per heavy atom. The molecule has 1 aliphatic carbocycles. The first-order valence-corrected chi connectivity index (χ1v) is 7.01. The SMILES string of the molecule is CCNCc1cc(F)ccc1N(CCOC)C1CC1. The van der Waals surface area contributed by atoms with E-state index in [1.165, 1.54) is 12.8 Å². The molecule has 0 bridgehead atoms. The van der Waals surface area contributed by atoms with E-state index in [4.69, 9.17) is 4.74 Å². The molecule has 0 aliphatic heterocycles. The predicted molar refractivity (Wildman–Crippen MR) is 76.0 cm³/mol. The van der Waals surface area contributed by atoms with E-state index < -0.39 is 0 Å². The first-order chi connectivity index (χ1) is 9.26. The highest BCUT2D eigenvalue weighted by molar-refractivity contribution is 5.55. The van der Waals surface area contributed by atoms with Crippen LogP contribution in [-0.2, 0) is 11.3 Å². The number of hydrogen-bond donors (Lipinski definition) is 1. The maximum absolute atomic E-state index is 13.4. The standard InChI is InChI=1S/C15H23FN2O/c1-3-17-11-12-10-13(16)4-7-15(12)18(8-9-19-2)14-5-6-14/h4,7,10,14,17H,3,5-6,8-9,11H2,1-2H3. The Bertz CT molecular complexity index is 407. The first-order valence-electron chi connectivity index (χ1n) is 7.01. The Labute approximate surface area is 114 Å². The summed E-state index contributed by atoms with van der Waals surface area (Å²) in [6, 6.07) is 5.68. The molecule has 0 radical (unpaired) electrons. The molecular formula is C15H23FN2O. The van der Waals surface area contributed by atoms with E-state index in [9.17, 15) is 4.39 Å². The summed E-state index contributed by atoms with van der Waals surface area (Å²) in [6.45, 7) is 5.22. The summed E-state index contributed by atoms with van der Waals surface area (Å²) >= 11 is 0. The summed E-state index contributed by atoms with van der Waals surface area (Å²) in [4.78, 5) is 2.36. The van der Waals surface area contributed by atoms with Crippen molar-refractivity contribution in [3.63, 3.8) is 0 Å². The van der Waals surface area contributed by atoms with Gasteiger partial charge < -0.3 is 15.0 Å². The zero-order valence-electron chi connectivity index (χ0n) is 11.8. The maximum atomic E-state index is 13.4. The van der Waals surface area contributed by atoms with Gasteiger partial charge in [0.1, 0.15) is 5.82 Å². The second-order valence-corrected chi connectivity index (χ2v) is 4.97. The van der Waals surface area contributed by atoms with Gasteiger partial charge in [-0.3, -0.25) is 0 Å². The Kier molecular flexibility index (Phi) is 5.16.